The molecule has 1 aliphatic carbocycles. The molecule has 0 radical (unpaired) electrons. The molecule has 0 bridgehead atoms. The largest absolute Gasteiger partial charge is 0.279 e. The molecule has 1 amide bonds. The summed E-state index contributed by atoms with van der Waals surface area (Å²) in [6.45, 7) is 6.30. The zero-order valence-corrected chi connectivity index (χ0v) is 16.9. The number of fused-ring (bicyclic) bond motifs is 1. The summed E-state index contributed by atoms with van der Waals surface area (Å²) >= 11 is 3.13. The summed E-state index contributed by atoms with van der Waals surface area (Å²) < 4.78 is 0. The van der Waals surface area contributed by atoms with Crippen molar-refractivity contribution in [1.82, 2.24) is 9.97 Å². The van der Waals surface area contributed by atoms with Crippen LogP contribution in [0.2, 0.25) is 0 Å². The van der Waals surface area contributed by atoms with E-state index in [4.69, 9.17) is 4.98 Å². The van der Waals surface area contributed by atoms with E-state index in [1.807, 2.05) is 17.5 Å². The smallest absolute Gasteiger partial charge is 0.279 e. The Balaban J connectivity index is 1.62. The predicted molar refractivity (Wildman–Crippen MR) is 113 cm³/mol. The molecule has 4 nitrogen and oxygen atoms in total. The SMILES string of the molecule is C=CCN(C(=O)c1csc(-c2ccc(C)cc2)n1)c1nc2c(s1)CCCC2. The second-order valence-electron chi connectivity index (χ2n) is 6.68. The molecule has 0 unspecified atom stereocenters. The van der Waals surface area contributed by atoms with E-state index in [0.29, 0.717) is 12.2 Å². The van der Waals surface area contributed by atoms with E-state index in [9.17, 15) is 4.79 Å². The molecular weight excluding hydrogens is 374 g/mol. The number of hydrogen-bond donors (Lipinski definition) is 0. The molecule has 0 spiro atoms. The van der Waals surface area contributed by atoms with E-state index in [0.717, 1.165) is 34.2 Å². The molecule has 2 heterocycles. The fourth-order valence-electron chi connectivity index (χ4n) is 3.17. The summed E-state index contributed by atoms with van der Waals surface area (Å²) in [5.41, 5.74) is 3.86. The van der Waals surface area contributed by atoms with E-state index < -0.39 is 0 Å². The molecule has 1 aromatic carbocycles. The Morgan fingerprint density at radius 2 is 2.00 bits per heavy atom. The van der Waals surface area contributed by atoms with Crippen molar-refractivity contribution >= 4 is 33.7 Å². The number of nitrogens with zero attached hydrogens (tertiary/aromatic N) is 3. The normalized spacial score (nSPS) is 13.2. The number of aryl methyl sites for hydroxylation is 3. The van der Waals surface area contributed by atoms with Crippen molar-refractivity contribution in [2.75, 3.05) is 11.4 Å². The van der Waals surface area contributed by atoms with Crippen LogP contribution in [-0.4, -0.2) is 22.4 Å². The second-order valence-corrected chi connectivity index (χ2v) is 8.60. The van der Waals surface area contributed by atoms with Crippen LogP contribution in [0.5, 0.6) is 0 Å². The first kappa shape index (κ1) is 18.1. The van der Waals surface area contributed by atoms with Crippen LogP contribution in [0.1, 0.15) is 39.5 Å². The van der Waals surface area contributed by atoms with Crippen molar-refractivity contribution in [3.63, 3.8) is 0 Å². The van der Waals surface area contributed by atoms with E-state index in [1.165, 1.54) is 34.6 Å². The zero-order chi connectivity index (χ0) is 18.8. The summed E-state index contributed by atoms with van der Waals surface area (Å²) in [5.74, 6) is -0.115. The number of amides is 1. The number of hydrogen-bond acceptors (Lipinski definition) is 5. The lowest BCUT2D eigenvalue weighted by atomic mass is 10.0. The first-order chi connectivity index (χ1) is 13.2. The van der Waals surface area contributed by atoms with Gasteiger partial charge >= 0.3 is 0 Å². The summed E-state index contributed by atoms with van der Waals surface area (Å²) in [7, 11) is 0. The maximum atomic E-state index is 13.1. The lowest BCUT2D eigenvalue weighted by molar-refractivity contribution is 0.0985. The van der Waals surface area contributed by atoms with Gasteiger partial charge in [0.1, 0.15) is 10.7 Å². The van der Waals surface area contributed by atoms with Crippen LogP contribution in [0.15, 0.2) is 42.3 Å². The topological polar surface area (TPSA) is 46.1 Å². The molecule has 138 valence electrons. The number of carbonyl (C=O) groups excluding carboxylic acids is 1. The zero-order valence-electron chi connectivity index (χ0n) is 15.3. The molecule has 0 saturated carbocycles. The van der Waals surface area contributed by atoms with Crippen LogP contribution >= 0.6 is 22.7 Å². The second kappa shape index (κ2) is 7.74. The van der Waals surface area contributed by atoms with Crippen LogP contribution in [0.25, 0.3) is 10.6 Å². The van der Waals surface area contributed by atoms with Crippen LogP contribution in [0.4, 0.5) is 5.13 Å². The molecule has 3 aromatic rings. The van der Waals surface area contributed by atoms with Crippen LogP contribution in [0.3, 0.4) is 0 Å². The highest BCUT2D eigenvalue weighted by molar-refractivity contribution is 7.16. The number of rotatable bonds is 5. The van der Waals surface area contributed by atoms with Crippen LogP contribution in [0, 0.1) is 6.92 Å². The number of aromatic nitrogens is 2. The Morgan fingerprint density at radius 1 is 1.22 bits per heavy atom. The number of thiazole rings is 2. The molecule has 0 fully saturated rings. The van der Waals surface area contributed by atoms with Gasteiger partial charge in [-0.3, -0.25) is 9.69 Å². The van der Waals surface area contributed by atoms with E-state index in [1.54, 1.807) is 22.3 Å². The minimum absolute atomic E-state index is 0.115. The van der Waals surface area contributed by atoms with Crippen LogP contribution in [-0.2, 0) is 12.8 Å². The van der Waals surface area contributed by atoms with Crippen molar-refractivity contribution in [3.05, 3.63) is 64.1 Å². The van der Waals surface area contributed by atoms with Crippen molar-refractivity contribution in [1.29, 1.82) is 0 Å². The molecule has 27 heavy (non-hydrogen) atoms. The van der Waals surface area contributed by atoms with Crippen molar-refractivity contribution in [2.45, 2.75) is 32.6 Å². The molecule has 2 aromatic heterocycles. The van der Waals surface area contributed by atoms with Gasteiger partial charge in [0.15, 0.2) is 5.13 Å². The highest BCUT2D eigenvalue weighted by Crippen LogP contribution is 2.33. The first-order valence-corrected chi connectivity index (χ1v) is 10.8. The number of carbonyl (C=O) groups is 1. The lowest BCUT2D eigenvalue weighted by Crippen LogP contribution is -2.31. The maximum absolute atomic E-state index is 13.1. The lowest BCUT2D eigenvalue weighted by Gasteiger charge is -2.16. The molecule has 0 N–H and O–H groups in total. The van der Waals surface area contributed by atoms with E-state index >= 15 is 0 Å². The molecule has 0 aliphatic heterocycles. The van der Waals surface area contributed by atoms with Gasteiger partial charge in [0.25, 0.3) is 5.91 Å². The van der Waals surface area contributed by atoms with Gasteiger partial charge in [-0.25, -0.2) is 9.97 Å². The van der Waals surface area contributed by atoms with Gasteiger partial charge in [0, 0.05) is 22.4 Å². The van der Waals surface area contributed by atoms with Crippen molar-refractivity contribution in [3.8, 4) is 10.6 Å². The molecular formula is C21H21N3OS2. The summed E-state index contributed by atoms with van der Waals surface area (Å²) in [6.07, 6.45) is 6.20. The summed E-state index contributed by atoms with van der Waals surface area (Å²) in [4.78, 5) is 25.5. The fourth-order valence-corrected chi connectivity index (χ4v) is 5.13. The van der Waals surface area contributed by atoms with Gasteiger partial charge in [-0.05, 0) is 32.6 Å². The third kappa shape index (κ3) is 3.73. The Morgan fingerprint density at radius 3 is 2.74 bits per heavy atom. The average Bonchev–Trinajstić information content (AvgIpc) is 3.33. The van der Waals surface area contributed by atoms with Gasteiger partial charge in [0.05, 0.1) is 5.69 Å². The van der Waals surface area contributed by atoms with Gasteiger partial charge in [0.2, 0.25) is 0 Å². The molecule has 0 atom stereocenters. The number of anilines is 1. The average molecular weight is 396 g/mol. The van der Waals surface area contributed by atoms with Gasteiger partial charge in [-0.1, -0.05) is 35.9 Å². The summed E-state index contributed by atoms with van der Waals surface area (Å²) in [6, 6.07) is 8.20. The van der Waals surface area contributed by atoms with E-state index in [2.05, 4.69) is 30.6 Å². The fraction of sp³-hybridized carbons (Fsp3) is 0.286. The maximum Gasteiger partial charge on any atom is 0.279 e. The third-order valence-electron chi connectivity index (χ3n) is 4.64. The van der Waals surface area contributed by atoms with Crippen LogP contribution < -0.4 is 4.90 Å². The Hall–Kier alpha value is -2.31. The highest BCUT2D eigenvalue weighted by atomic mass is 32.1. The molecule has 0 saturated heterocycles. The Kier molecular flexibility index (Phi) is 5.18. The van der Waals surface area contributed by atoms with Gasteiger partial charge in [-0.15, -0.1) is 29.3 Å². The standard InChI is InChI=1S/C21H21N3OS2/c1-3-12-24(21-23-16-6-4-5-7-18(16)27-21)20(25)17-13-26-19(22-17)15-10-8-14(2)9-11-15/h3,8-11,13H,1,4-7,12H2,2H3. The molecule has 6 heteroatoms. The summed E-state index contributed by atoms with van der Waals surface area (Å²) in [5, 5.41) is 3.45. The first-order valence-electron chi connectivity index (χ1n) is 9.09. The molecule has 4 rings (SSSR count). The minimum Gasteiger partial charge on any atom is -0.279 e. The Bertz CT molecular complexity index is 948. The minimum atomic E-state index is -0.115. The Labute approximate surface area is 167 Å². The third-order valence-corrected chi connectivity index (χ3v) is 6.72. The van der Waals surface area contributed by atoms with Crippen molar-refractivity contribution in [2.24, 2.45) is 0 Å². The van der Waals surface area contributed by atoms with Crippen molar-refractivity contribution < 1.29 is 4.79 Å². The highest BCUT2D eigenvalue weighted by Gasteiger charge is 2.25. The van der Waals surface area contributed by atoms with Gasteiger partial charge < -0.3 is 0 Å². The molecule has 1 aliphatic rings. The monoisotopic (exact) mass is 395 g/mol. The quantitative estimate of drug-likeness (QED) is 0.552. The van der Waals surface area contributed by atoms with Gasteiger partial charge in [-0.2, -0.15) is 0 Å². The van der Waals surface area contributed by atoms with E-state index in [-0.39, 0.29) is 5.91 Å². The number of benzene rings is 1. The predicted octanol–water partition coefficient (Wildman–Crippen LogP) is 5.29.